The van der Waals surface area contributed by atoms with Crippen molar-refractivity contribution in [2.75, 3.05) is 39.1 Å². The first-order valence-electron chi connectivity index (χ1n) is 8.06. The third-order valence-electron chi connectivity index (χ3n) is 4.91. The zero-order chi connectivity index (χ0) is 16.9. The predicted octanol–water partition coefficient (Wildman–Crippen LogP) is 1.02. The van der Waals surface area contributed by atoms with Gasteiger partial charge < -0.3 is 14.4 Å². The van der Waals surface area contributed by atoms with Gasteiger partial charge in [0.2, 0.25) is 10.0 Å². The average molecular weight is 372 g/mol. The highest BCUT2D eigenvalue weighted by Crippen LogP contribution is 2.41. The number of sulfonamides is 1. The van der Waals surface area contributed by atoms with Crippen LogP contribution >= 0.6 is 11.3 Å². The third kappa shape index (κ3) is 2.78. The van der Waals surface area contributed by atoms with Crippen LogP contribution in [0.25, 0.3) is 0 Å². The van der Waals surface area contributed by atoms with Crippen molar-refractivity contribution in [3.8, 4) is 11.5 Å². The summed E-state index contributed by atoms with van der Waals surface area (Å²) in [6.45, 7) is 2.42. The van der Waals surface area contributed by atoms with E-state index < -0.39 is 10.0 Å². The standard InChI is InChI=1S/C15H20N2O5S2/c1-24(19,20)16-6-10-2-3-11(8-16)17(7-10)15(18)14-13-12(9-23-14)21-4-5-22-13/h9-11H,2-8H2,1H3. The van der Waals surface area contributed by atoms with Crippen LogP contribution in [0.4, 0.5) is 0 Å². The maximum atomic E-state index is 13.1. The van der Waals surface area contributed by atoms with E-state index >= 15 is 0 Å². The van der Waals surface area contributed by atoms with Crippen molar-refractivity contribution in [1.29, 1.82) is 0 Å². The van der Waals surface area contributed by atoms with Gasteiger partial charge in [0.25, 0.3) is 5.91 Å². The van der Waals surface area contributed by atoms with Gasteiger partial charge in [-0.2, -0.15) is 4.31 Å². The molecule has 9 heteroatoms. The fraction of sp³-hybridized carbons (Fsp3) is 0.667. The van der Waals surface area contributed by atoms with Gasteiger partial charge in [-0.25, -0.2) is 8.42 Å². The van der Waals surface area contributed by atoms with Crippen molar-refractivity contribution in [2.24, 2.45) is 5.92 Å². The molecule has 3 fully saturated rings. The molecule has 24 heavy (non-hydrogen) atoms. The minimum Gasteiger partial charge on any atom is -0.485 e. The summed E-state index contributed by atoms with van der Waals surface area (Å²) in [5.74, 6) is 1.29. The van der Waals surface area contributed by atoms with Gasteiger partial charge in [0, 0.05) is 31.1 Å². The van der Waals surface area contributed by atoms with Gasteiger partial charge >= 0.3 is 0 Å². The van der Waals surface area contributed by atoms with Gasteiger partial charge in [0.05, 0.1) is 6.26 Å². The van der Waals surface area contributed by atoms with Crippen molar-refractivity contribution >= 4 is 27.3 Å². The van der Waals surface area contributed by atoms with Crippen LogP contribution in [0.2, 0.25) is 0 Å². The summed E-state index contributed by atoms with van der Waals surface area (Å²) in [5, 5.41) is 1.81. The molecule has 5 rings (SSSR count). The topological polar surface area (TPSA) is 76.2 Å². The lowest BCUT2D eigenvalue weighted by Crippen LogP contribution is -2.47. The molecule has 1 aromatic heterocycles. The van der Waals surface area contributed by atoms with Crippen molar-refractivity contribution < 1.29 is 22.7 Å². The molecule has 0 N–H and O–H groups in total. The summed E-state index contributed by atoms with van der Waals surface area (Å²) in [6.07, 6.45) is 3.04. The molecule has 7 nitrogen and oxygen atoms in total. The maximum Gasteiger partial charge on any atom is 0.268 e. The van der Waals surface area contributed by atoms with Gasteiger partial charge in [-0.15, -0.1) is 11.3 Å². The zero-order valence-corrected chi connectivity index (χ0v) is 15.1. The number of ether oxygens (including phenoxy) is 2. The number of nitrogens with zero attached hydrogens (tertiary/aromatic N) is 2. The average Bonchev–Trinajstić information content (AvgIpc) is 2.74. The minimum atomic E-state index is -3.24. The van der Waals surface area contributed by atoms with E-state index in [1.54, 1.807) is 5.38 Å². The molecule has 0 radical (unpaired) electrons. The quantitative estimate of drug-likeness (QED) is 0.775. The molecule has 4 aliphatic rings. The van der Waals surface area contributed by atoms with Crippen LogP contribution in [0.3, 0.4) is 0 Å². The first-order chi connectivity index (χ1) is 11.4. The number of carbonyl (C=O) groups is 1. The molecule has 4 aliphatic heterocycles. The van der Waals surface area contributed by atoms with Crippen LogP contribution in [-0.2, 0) is 10.0 Å². The van der Waals surface area contributed by atoms with Gasteiger partial charge in [-0.05, 0) is 18.8 Å². The Hall–Kier alpha value is -1.32. The van der Waals surface area contributed by atoms with E-state index in [0.29, 0.717) is 49.2 Å². The molecule has 1 amide bonds. The van der Waals surface area contributed by atoms with Crippen LogP contribution in [0.5, 0.6) is 11.5 Å². The number of piperidine rings is 1. The molecule has 2 atom stereocenters. The number of thiophene rings is 1. The summed E-state index contributed by atoms with van der Waals surface area (Å²) >= 11 is 1.33. The lowest BCUT2D eigenvalue weighted by molar-refractivity contribution is 0.0586. The highest BCUT2D eigenvalue weighted by atomic mass is 32.2. The summed E-state index contributed by atoms with van der Waals surface area (Å²) < 4.78 is 36.5. The second kappa shape index (κ2) is 5.89. The summed E-state index contributed by atoms with van der Waals surface area (Å²) in [4.78, 5) is 15.5. The Labute approximate surface area is 145 Å². The van der Waals surface area contributed by atoms with E-state index in [0.717, 1.165) is 12.8 Å². The molecule has 2 bridgehead atoms. The second-order valence-corrected chi connectivity index (χ2v) is 9.45. The van der Waals surface area contributed by atoms with E-state index in [2.05, 4.69) is 0 Å². The summed E-state index contributed by atoms with van der Waals surface area (Å²) in [5.41, 5.74) is 0. The monoisotopic (exact) mass is 372 g/mol. The van der Waals surface area contributed by atoms with Crippen molar-refractivity contribution in [3.05, 3.63) is 10.3 Å². The highest BCUT2D eigenvalue weighted by Gasteiger charge is 2.41. The van der Waals surface area contributed by atoms with Gasteiger partial charge in [0.1, 0.15) is 18.1 Å². The van der Waals surface area contributed by atoms with Crippen molar-refractivity contribution in [1.82, 2.24) is 9.21 Å². The van der Waals surface area contributed by atoms with Crippen LogP contribution in [0.1, 0.15) is 22.5 Å². The third-order valence-corrected chi connectivity index (χ3v) is 7.07. The highest BCUT2D eigenvalue weighted by molar-refractivity contribution is 7.88. The largest absolute Gasteiger partial charge is 0.485 e. The molecule has 0 aliphatic carbocycles. The summed E-state index contributed by atoms with van der Waals surface area (Å²) in [7, 11) is -3.24. The van der Waals surface area contributed by atoms with Crippen molar-refractivity contribution in [2.45, 2.75) is 18.9 Å². The lowest BCUT2D eigenvalue weighted by Gasteiger charge is -2.36. The Morgan fingerprint density at radius 3 is 2.79 bits per heavy atom. The predicted molar refractivity (Wildman–Crippen MR) is 89.3 cm³/mol. The van der Waals surface area contributed by atoms with Crippen LogP contribution in [0, 0.1) is 5.92 Å². The smallest absolute Gasteiger partial charge is 0.268 e. The molecular formula is C15H20N2O5S2. The van der Waals surface area contributed by atoms with E-state index in [9.17, 15) is 13.2 Å². The zero-order valence-electron chi connectivity index (χ0n) is 13.4. The van der Waals surface area contributed by atoms with E-state index in [1.807, 2.05) is 4.90 Å². The first kappa shape index (κ1) is 16.2. The lowest BCUT2D eigenvalue weighted by atomic mass is 9.95. The molecular weight excluding hydrogens is 352 g/mol. The Kier molecular flexibility index (Phi) is 3.97. The second-order valence-electron chi connectivity index (χ2n) is 6.59. The Bertz CT molecular complexity index is 760. The maximum absolute atomic E-state index is 13.1. The molecule has 1 aromatic rings. The first-order valence-corrected chi connectivity index (χ1v) is 10.8. The van der Waals surface area contributed by atoms with Gasteiger partial charge in [-0.3, -0.25) is 4.79 Å². The van der Waals surface area contributed by atoms with Crippen molar-refractivity contribution in [3.63, 3.8) is 0 Å². The Balaban J connectivity index is 1.61. The van der Waals surface area contributed by atoms with Crippen LogP contribution < -0.4 is 9.47 Å². The minimum absolute atomic E-state index is 0.0724. The SMILES string of the molecule is CS(=O)(=O)N1CC2CCC(C1)N(C(=O)c1scc3c1OCCO3)C2. The number of hydrogen-bond acceptors (Lipinski definition) is 6. The van der Waals surface area contributed by atoms with Crippen LogP contribution in [0.15, 0.2) is 5.38 Å². The van der Waals surface area contributed by atoms with E-state index in [4.69, 9.17) is 9.47 Å². The van der Waals surface area contributed by atoms with E-state index in [-0.39, 0.29) is 17.9 Å². The fourth-order valence-corrected chi connectivity index (χ4v) is 5.51. The van der Waals surface area contributed by atoms with Gasteiger partial charge in [-0.1, -0.05) is 0 Å². The Morgan fingerprint density at radius 2 is 2.00 bits per heavy atom. The number of carbonyl (C=O) groups excluding carboxylic acids is 1. The Morgan fingerprint density at radius 1 is 1.21 bits per heavy atom. The molecule has 0 saturated carbocycles. The fourth-order valence-electron chi connectivity index (χ4n) is 3.70. The van der Waals surface area contributed by atoms with E-state index in [1.165, 1.54) is 21.9 Å². The molecule has 132 valence electrons. The molecule has 3 saturated heterocycles. The molecule has 0 spiro atoms. The normalized spacial score (nSPS) is 27.1. The number of rotatable bonds is 2. The van der Waals surface area contributed by atoms with Crippen LogP contribution in [-0.4, -0.2) is 68.7 Å². The number of amides is 1. The molecule has 2 unspecified atom stereocenters. The number of hydrogen-bond donors (Lipinski definition) is 0. The number of fused-ring (bicyclic) bond motifs is 5. The summed E-state index contributed by atoms with van der Waals surface area (Å²) in [6, 6.07) is -0.0757. The molecule has 0 aromatic carbocycles. The van der Waals surface area contributed by atoms with Gasteiger partial charge in [0.15, 0.2) is 11.5 Å². The molecule has 5 heterocycles.